The summed E-state index contributed by atoms with van der Waals surface area (Å²) in [5.74, 6) is -1.97. The highest BCUT2D eigenvalue weighted by Gasteiger charge is 2.44. The molecule has 0 saturated carbocycles. The van der Waals surface area contributed by atoms with E-state index in [-0.39, 0.29) is 51.4 Å². The number of carbonyl (C=O) groups is 4. The monoisotopic (exact) mass is 812 g/mol. The molecule has 316 valence electrons. The van der Waals surface area contributed by atoms with Crippen molar-refractivity contribution in [3.05, 3.63) is 88.5 Å². The number of hydrogen-bond acceptors (Lipinski definition) is 15. The van der Waals surface area contributed by atoms with E-state index in [0.717, 1.165) is 0 Å². The highest BCUT2D eigenvalue weighted by atomic mass is 16.7. The smallest absolute Gasteiger partial charge is 0.338 e. The summed E-state index contributed by atoms with van der Waals surface area (Å²) in [4.78, 5) is 51.8. The summed E-state index contributed by atoms with van der Waals surface area (Å²) in [7, 11) is 0. The number of benzene rings is 2. The van der Waals surface area contributed by atoms with Crippen LogP contribution in [0.5, 0.6) is 0 Å². The van der Waals surface area contributed by atoms with Crippen LogP contribution in [0.4, 0.5) is 0 Å². The molecule has 0 bridgehead atoms. The van der Waals surface area contributed by atoms with E-state index in [4.69, 9.17) is 28.4 Å². The van der Waals surface area contributed by atoms with Crippen LogP contribution in [-0.2, 0) is 44.6 Å². The van der Waals surface area contributed by atoms with E-state index in [1.807, 2.05) is 0 Å². The lowest BCUT2D eigenvalue weighted by atomic mass is 9.91. The van der Waals surface area contributed by atoms with E-state index in [2.05, 4.69) is 10.6 Å². The molecule has 2 aromatic carbocycles. The van der Waals surface area contributed by atoms with E-state index < -0.39 is 91.0 Å². The summed E-state index contributed by atoms with van der Waals surface area (Å²) >= 11 is 0. The van der Waals surface area contributed by atoms with Crippen molar-refractivity contribution in [1.29, 1.82) is 0 Å². The average molecular weight is 813 g/mol. The van der Waals surface area contributed by atoms with Crippen molar-refractivity contribution in [2.24, 2.45) is 0 Å². The number of esters is 2. The average Bonchev–Trinajstić information content (AvgIpc) is 3.69. The molecule has 0 radical (unpaired) electrons. The highest BCUT2D eigenvalue weighted by Crippen LogP contribution is 2.31. The Hall–Kier alpha value is -4.56. The van der Waals surface area contributed by atoms with Crippen molar-refractivity contribution in [2.75, 3.05) is 26.6 Å². The second-order valence-electron chi connectivity index (χ2n) is 15.1. The fourth-order valence-corrected chi connectivity index (χ4v) is 6.52. The molecule has 2 amide bonds. The highest BCUT2D eigenvalue weighted by molar-refractivity contribution is 5.95. The number of hydrogen-bond donors (Lipinski definition) is 7. The van der Waals surface area contributed by atoms with Gasteiger partial charge in [0.05, 0.1) is 31.4 Å². The minimum Gasteiger partial charge on any atom is -0.460 e. The van der Waals surface area contributed by atoms with Crippen molar-refractivity contribution >= 4 is 29.8 Å². The molecule has 1 aliphatic carbocycles. The first-order chi connectivity index (χ1) is 27.6. The molecule has 0 spiro atoms. The predicted octanol–water partition coefficient (Wildman–Crippen LogP) is 0.642. The van der Waals surface area contributed by atoms with Gasteiger partial charge in [-0.05, 0) is 68.7 Å². The minimum absolute atomic E-state index is 0.0199. The number of aliphatic hydroxyl groups is 5. The predicted molar refractivity (Wildman–Crippen MR) is 203 cm³/mol. The van der Waals surface area contributed by atoms with E-state index >= 15 is 0 Å². The number of ether oxygens (including phenoxy) is 6. The SMILES string of the molecule is CC(C)(C)OC(=O)CCC(CO)NC(=O)c1cccc(CNC(=O)C2=CC3OCOC3C(OC(=O)c3cccc(C=CCOC4OC(CO)C(O)C(O)C4O)c3)C2)c1. The van der Waals surface area contributed by atoms with Gasteiger partial charge < -0.3 is 64.6 Å². The first-order valence-electron chi connectivity index (χ1n) is 19.0. The van der Waals surface area contributed by atoms with Crippen LogP contribution in [0.2, 0.25) is 0 Å². The van der Waals surface area contributed by atoms with Crippen molar-refractivity contribution < 1.29 is 73.1 Å². The van der Waals surface area contributed by atoms with Gasteiger partial charge in [-0.3, -0.25) is 14.4 Å². The lowest BCUT2D eigenvalue weighted by Crippen LogP contribution is -2.59. The Labute approximate surface area is 335 Å². The Morgan fingerprint density at radius 2 is 1.71 bits per heavy atom. The Kier molecular flexibility index (Phi) is 15.7. The quantitative estimate of drug-likeness (QED) is 0.115. The number of aliphatic hydroxyl groups excluding tert-OH is 5. The maximum atomic E-state index is 13.4. The molecule has 5 rings (SSSR count). The van der Waals surface area contributed by atoms with Gasteiger partial charge in [0.15, 0.2) is 6.29 Å². The fourth-order valence-electron chi connectivity index (χ4n) is 6.52. The summed E-state index contributed by atoms with van der Waals surface area (Å²) in [6.07, 6.45) is -3.95. The third-order valence-corrected chi connectivity index (χ3v) is 9.50. The molecule has 2 fully saturated rings. The van der Waals surface area contributed by atoms with Crippen LogP contribution in [0.1, 0.15) is 71.9 Å². The molecular weight excluding hydrogens is 760 g/mol. The molecule has 3 aliphatic rings. The standard InChI is InChI=1S/C41H52N2O15/c1-41(2,3)58-32(46)13-12-28(20-44)43-38(51)25-10-5-8-24(16-25)19-42-37(50)27-17-29-36(55-22-54-29)30(18-27)56-39(52)26-11-4-7-23(15-26)9-6-14-53-40-35(49)34(48)33(47)31(21-45)57-40/h4-11,15-17,28-31,33-36,40,44-45,47-49H,12-14,18-22H2,1-3H3,(H,42,50)(H,43,51). The van der Waals surface area contributed by atoms with E-state index in [1.54, 1.807) is 87.5 Å². The van der Waals surface area contributed by atoms with Gasteiger partial charge >= 0.3 is 11.9 Å². The van der Waals surface area contributed by atoms with Crippen LogP contribution in [0.15, 0.2) is 66.3 Å². The largest absolute Gasteiger partial charge is 0.460 e. The van der Waals surface area contributed by atoms with Crippen molar-refractivity contribution in [1.82, 2.24) is 10.6 Å². The number of carbonyl (C=O) groups excluding carboxylic acids is 4. The molecule has 17 heteroatoms. The summed E-state index contributed by atoms with van der Waals surface area (Å²) in [6, 6.07) is 12.5. The first-order valence-corrected chi connectivity index (χ1v) is 19.0. The number of nitrogens with one attached hydrogen (secondary N) is 2. The van der Waals surface area contributed by atoms with E-state index in [9.17, 15) is 44.7 Å². The van der Waals surface area contributed by atoms with Crippen molar-refractivity contribution in [3.8, 4) is 0 Å². The summed E-state index contributed by atoms with van der Waals surface area (Å²) in [6.45, 7) is 4.28. The van der Waals surface area contributed by atoms with Crippen LogP contribution >= 0.6 is 0 Å². The molecule has 7 N–H and O–H groups in total. The minimum atomic E-state index is -1.56. The van der Waals surface area contributed by atoms with E-state index in [0.29, 0.717) is 22.3 Å². The van der Waals surface area contributed by atoms with Gasteiger partial charge in [-0.25, -0.2) is 4.79 Å². The van der Waals surface area contributed by atoms with Crippen LogP contribution < -0.4 is 10.6 Å². The van der Waals surface area contributed by atoms with Gasteiger partial charge in [-0.15, -0.1) is 0 Å². The van der Waals surface area contributed by atoms with Gasteiger partial charge in [-0.1, -0.05) is 36.4 Å². The molecule has 9 unspecified atom stereocenters. The summed E-state index contributed by atoms with van der Waals surface area (Å²) < 4.78 is 33.3. The summed E-state index contributed by atoms with van der Waals surface area (Å²) in [5, 5.41) is 54.8. The zero-order valence-electron chi connectivity index (χ0n) is 32.5. The number of rotatable bonds is 16. The molecule has 2 aliphatic heterocycles. The molecule has 0 aromatic heterocycles. The number of amides is 2. The normalized spacial score (nSPS) is 26.3. The lowest BCUT2D eigenvalue weighted by molar-refractivity contribution is -0.298. The fraction of sp³-hybridized carbons (Fsp3) is 0.512. The zero-order chi connectivity index (χ0) is 42.0. The third-order valence-electron chi connectivity index (χ3n) is 9.50. The van der Waals surface area contributed by atoms with Gasteiger partial charge in [0.1, 0.15) is 55.1 Å². The molecular formula is C41H52N2O15. The van der Waals surface area contributed by atoms with Gasteiger partial charge in [0.25, 0.3) is 5.91 Å². The molecule has 2 heterocycles. The molecule has 2 saturated heterocycles. The van der Waals surface area contributed by atoms with Crippen molar-refractivity contribution in [3.63, 3.8) is 0 Å². The molecule has 2 aromatic rings. The summed E-state index contributed by atoms with van der Waals surface area (Å²) in [5.41, 5.74) is 1.44. The van der Waals surface area contributed by atoms with Crippen LogP contribution in [0.25, 0.3) is 6.08 Å². The Morgan fingerprint density at radius 1 is 0.948 bits per heavy atom. The van der Waals surface area contributed by atoms with Crippen LogP contribution in [0.3, 0.4) is 0 Å². The second kappa shape index (κ2) is 20.4. The third kappa shape index (κ3) is 12.2. The Bertz CT molecular complexity index is 1810. The van der Waals surface area contributed by atoms with Crippen molar-refractivity contribution in [2.45, 2.75) is 107 Å². The van der Waals surface area contributed by atoms with E-state index in [1.165, 1.54) is 0 Å². The lowest BCUT2D eigenvalue weighted by Gasteiger charge is -2.39. The Balaban J connectivity index is 1.13. The van der Waals surface area contributed by atoms with Crippen LogP contribution in [-0.4, -0.2) is 137 Å². The second-order valence-corrected chi connectivity index (χ2v) is 15.1. The molecule has 9 atom stereocenters. The molecule has 17 nitrogen and oxygen atoms in total. The molecule has 58 heavy (non-hydrogen) atoms. The zero-order valence-corrected chi connectivity index (χ0v) is 32.5. The Morgan fingerprint density at radius 3 is 2.45 bits per heavy atom. The van der Waals surface area contributed by atoms with Gasteiger partial charge in [-0.2, -0.15) is 0 Å². The maximum Gasteiger partial charge on any atom is 0.338 e. The van der Waals surface area contributed by atoms with Gasteiger partial charge in [0, 0.05) is 30.5 Å². The topological polar surface area (TPSA) is 249 Å². The van der Waals surface area contributed by atoms with Crippen LogP contribution in [0, 0.1) is 0 Å². The van der Waals surface area contributed by atoms with Gasteiger partial charge in [0.2, 0.25) is 5.91 Å². The number of fused-ring (bicyclic) bond motifs is 1. The maximum absolute atomic E-state index is 13.4. The first kappa shape index (κ1) is 44.5.